The number of benzene rings is 3. The molecule has 0 bridgehead atoms. The summed E-state index contributed by atoms with van der Waals surface area (Å²) in [5.74, 6) is 0.628. The molecule has 9 heteroatoms. The monoisotopic (exact) mass is 470 g/mol. The first-order valence-corrected chi connectivity index (χ1v) is 11.8. The summed E-state index contributed by atoms with van der Waals surface area (Å²) in [4.78, 5) is 8.29. The maximum Gasteiger partial charge on any atom is 0.173 e. The number of rotatable bonds is 4. The van der Waals surface area contributed by atoms with E-state index in [1.807, 2.05) is 24.3 Å². The van der Waals surface area contributed by atoms with Gasteiger partial charge in [0.1, 0.15) is 11.4 Å². The Kier molecular flexibility index (Phi) is 4.84. The van der Waals surface area contributed by atoms with Crippen LogP contribution in [0.15, 0.2) is 65.6 Å². The fourth-order valence-electron chi connectivity index (χ4n) is 4.47. The molecule has 0 spiro atoms. The molecule has 1 aliphatic heterocycles. The molecule has 6 rings (SSSR count). The number of aromatic hydroxyl groups is 1. The second-order valence-electron chi connectivity index (χ2n) is 8.33. The molecule has 0 radical (unpaired) electrons. The van der Waals surface area contributed by atoms with Crippen LogP contribution in [0.25, 0.3) is 44.9 Å². The van der Waals surface area contributed by atoms with E-state index in [9.17, 15) is 13.9 Å². The number of nitrogens with zero attached hydrogens (tertiary/aromatic N) is 3. The predicted molar refractivity (Wildman–Crippen MR) is 129 cm³/mol. The predicted octanol–water partition coefficient (Wildman–Crippen LogP) is 3.84. The molecule has 3 heterocycles. The van der Waals surface area contributed by atoms with Crippen molar-refractivity contribution >= 4 is 22.1 Å². The van der Waals surface area contributed by atoms with Crippen molar-refractivity contribution in [1.82, 2.24) is 25.1 Å². The van der Waals surface area contributed by atoms with Gasteiger partial charge in [0, 0.05) is 30.6 Å². The van der Waals surface area contributed by atoms with Crippen LogP contribution >= 0.6 is 0 Å². The minimum Gasteiger partial charge on any atom is -0.768 e. The lowest BCUT2D eigenvalue weighted by molar-refractivity contribution is 0.478. The van der Waals surface area contributed by atoms with Crippen LogP contribution < -0.4 is 5.32 Å². The van der Waals surface area contributed by atoms with Gasteiger partial charge < -0.3 is 20.0 Å². The second-order valence-corrected chi connectivity index (χ2v) is 9.27. The average Bonchev–Trinajstić information content (AvgIpc) is 3.53. The van der Waals surface area contributed by atoms with Crippen LogP contribution in [0.1, 0.15) is 11.1 Å². The van der Waals surface area contributed by atoms with E-state index in [2.05, 4.69) is 27.5 Å². The van der Waals surface area contributed by atoms with Gasteiger partial charge >= 0.3 is 0 Å². The zero-order valence-electron chi connectivity index (χ0n) is 18.2. The quantitative estimate of drug-likeness (QED) is 0.343. The molecule has 0 fully saturated rings. The van der Waals surface area contributed by atoms with Crippen LogP contribution in [-0.4, -0.2) is 33.6 Å². The van der Waals surface area contributed by atoms with Gasteiger partial charge in [-0.05, 0) is 57.6 Å². The minimum atomic E-state index is -2.25. The Labute approximate surface area is 197 Å². The van der Waals surface area contributed by atoms with Gasteiger partial charge in [-0.3, -0.25) is 8.89 Å². The lowest BCUT2D eigenvalue weighted by atomic mass is 10.0. The number of hydrogen-bond donors (Lipinski definition) is 3. The Morgan fingerprint density at radius 1 is 0.971 bits per heavy atom. The van der Waals surface area contributed by atoms with Crippen LogP contribution in [0.5, 0.6) is 5.75 Å². The van der Waals surface area contributed by atoms with Crippen molar-refractivity contribution in [2.45, 2.75) is 18.0 Å². The summed E-state index contributed by atoms with van der Waals surface area (Å²) in [6.45, 7) is 1.69. The van der Waals surface area contributed by atoms with E-state index in [1.54, 1.807) is 36.0 Å². The first-order valence-electron chi connectivity index (χ1n) is 10.8. The highest BCUT2D eigenvalue weighted by Gasteiger charge is 2.22. The van der Waals surface area contributed by atoms with Crippen LogP contribution in [-0.2, 0) is 31.2 Å². The van der Waals surface area contributed by atoms with E-state index in [0.717, 1.165) is 40.8 Å². The highest BCUT2D eigenvalue weighted by atomic mass is 32.2. The first-order chi connectivity index (χ1) is 16.5. The third-order valence-corrected chi connectivity index (χ3v) is 6.88. The molecule has 2 aromatic heterocycles. The summed E-state index contributed by atoms with van der Waals surface area (Å²) in [6.07, 6.45) is 0. The Balaban J connectivity index is 1.34. The normalized spacial score (nSPS) is 13.9. The molecule has 8 nitrogen and oxygen atoms in total. The number of hydrogen-bond acceptors (Lipinski definition) is 6. The highest BCUT2D eigenvalue weighted by molar-refractivity contribution is 7.79. The van der Waals surface area contributed by atoms with E-state index < -0.39 is 11.1 Å². The smallest absolute Gasteiger partial charge is 0.173 e. The van der Waals surface area contributed by atoms with E-state index >= 15 is 0 Å². The van der Waals surface area contributed by atoms with Crippen molar-refractivity contribution < 1.29 is 13.9 Å². The molecule has 3 N–H and O–H groups in total. The molecule has 0 saturated heterocycles. The fraction of sp³-hybridized carbons (Fsp3) is 0.120. The number of H-pyrrole nitrogens is 1. The molecular weight excluding hydrogens is 450 g/mol. The van der Waals surface area contributed by atoms with Crippen LogP contribution in [0.4, 0.5) is 0 Å². The van der Waals surface area contributed by atoms with Crippen molar-refractivity contribution in [3.63, 3.8) is 0 Å². The molecule has 3 aromatic carbocycles. The Morgan fingerprint density at radius 3 is 2.26 bits per heavy atom. The molecular formula is C25H20N5O3S-. The summed E-state index contributed by atoms with van der Waals surface area (Å²) in [6, 6.07) is 18.5. The van der Waals surface area contributed by atoms with Crippen molar-refractivity contribution in [2.75, 3.05) is 0 Å². The molecule has 1 unspecified atom stereocenters. The van der Waals surface area contributed by atoms with Gasteiger partial charge in [-0.25, -0.2) is 4.98 Å². The van der Waals surface area contributed by atoms with Crippen molar-refractivity contribution in [3.05, 3.63) is 71.8 Å². The van der Waals surface area contributed by atoms with Gasteiger partial charge in [0.2, 0.25) is 0 Å². The van der Waals surface area contributed by atoms with Crippen molar-refractivity contribution in [3.8, 4) is 39.7 Å². The van der Waals surface area contributed by atoms with E-state index in [1.165, 1.54) is 11.1 Å². The summed E-state index contributed by atoms with van der Waals surface area (Å²) < 4.78 is 23.8. The van der Waals surface area contributed by atoms with E-state index in [4.69, 9.17) is 4.98 Å². The maximum atomic E-state index is 11.1. The number of aryl methyl sites for hydroxylation is 1. The number of aromatic amines is 1. The van der Waals surface area contributed by atoms with E-state index in [-0.39, 0.29) is 10.6 Å². The lowest BCUT2D eigenvalue weighted by Crippen LogP contribution is -1.99. The minimum absolute atomic E-state index is 0.0609. The Morgan fingerprint density at radius 2 is 1.59 bits per heavy atom. The summed E-state index contributed by atoms with van der Waals surface area (Å²) in [5.41, 5.74) is 7.87. The van der Waals surface area contributed by atoms with Gasteiger partial charge in [-0.15, -0.1) is 0 Å². The van der Waals surface area contributed by atoms with Gasteiger partial charge in [0.15, 0.2) is 11.6 Å². The van der Waals surface area contributed by atoms with Gasteiger partial charge in [-0.1, -0.05) is 36.4 Å². The SMILES string of the molecule is Cn1nc(-c2ccc(-c3ccc(S(=O)[O-])cc3)cc2)c(O)c1-c1nc2cc3c(cc2[nH]1)CNC3. The zero-order valence-corrected chi connectivity index (χ0v) is 19.0. The van der Waals surface area contributed by atoms with Crippen LogP contribution in [0.2, 0.25) is 0 Å². The summed E-state index contributed by atoms with van der Waals surface area (Å²) in [7, 11) is 1.78. The Bertz CT molecular complexity index is 1530. The molecule has 34 heavy (non-hydrogen) atoms. The lowest BCUT2D eigenvalue weighted by Gasteiger charge is -2.07. The molecule has 170 valence electrons. The summed E-state index contributed by atoms with van der Waals surface area (Å²) >= 11 is -2.25. The number of fused-ring (bicyclic) bond motifs is 2. The molecule has 1 atom stereocenters. The molecule has 0 saturated carbocycles. The first kappa shape index (κ1) is 20.8. The molecule has 0 amide bonds. The maximum absolute atomic E-state index is 11.1. The number of imidazole rings is 1. The third-order valence-electron chi connectivity index (χ3n) is 6.22. The second kappa shape index (κ2) is 7.91. The Hall–Kier alpha value is -3.79. The van der Waals surface area contributed by atoms with Gasteiger partial charge in [0.25, 0.3) is 0 Å². The summed E-state index contributed by atoms with van der Waals surface area (Å²) in [5, 5.41) is 19.0. The molecule has 1 aliphatic rings. The van der Waals surface area contributed by atoms with Crippen molar-refractivity contribution in [1.29, 1.82) is 0 Å². The van der Waals surface area contributed by atoms with Crippen LogP contribution in [0, 0.1) is 0 Å². The zero-order chi connectivity index (χ0) is 23.4. The average molecular weight is 471 g/mol. The van der Waals surface area contributed by atoms with Gasteiger partial charge in [0.05, 0.1) is 11.0 Å². The van der Waals surface area contributed by atoms with E-state index in [0.29, 0.717) is 17.2 Å². The van der Waals surface area contributed by atoms with Gasteiger partial charge in [-0.2, -0.15) is 5.10 Å². The topological polar surface area (TPSA) is 119 Å². The third kappa shape index (κ3) is 3.41. The molecule has 5 aromatic rings. The number of aromatic nitrogens is 4. The standard InChI is InChI=1S/C25H21N5O3S/c1-30-23(25-27-20-10-17-12-26-13-18(17)11-21(20)28-25)24(31)22(29-30)16-4-2-14(3-5-16)15-6-8-19(9-7-15)34(32)33/h2-11,26,31H,12-13H2,1H3,(H,27,28)(H,32,33)/p-1. The molecule has 0 aliphatic carbocycles. The largest absolute Gasteiger partial charge is 0.768 e. The van der Waals surface area contributed by atoms with Crippen LogP contribution in [0.3, 0.4) is 0 Å². The van der Waals surface area contributed by atoms with Crippen molar-refractivity contribution in [2.24, 2.45) is 7.05 Å². The number of nitrogens with one attached hydrogen (secondary N) is 2. The highest BCUT2D eigenvalue weighted by Crippen LogP contribution is 2.38. The fourth-order valence-corrected chi connectivity index (χ4v) is 4.83.